The molecule has 33 heavy (non-hydrogen) atoms. The number of nitrogens with zero attached hydrogens (tertiary/aromatic N) is 2. The average molecular weight is 469 g/mol. The molecule has 7 heteroatoms. The van der Waals surface area contributed by atoms with Crippen LogP contribution in [-0.2, 0) is 4.74 Å². The molecule has 2 aromatic carbocycles. The molecule has 1 fully saturated rings. The van der Waals surface area contributed by atoms with Gasteiger partial charge >= 0.3 is 6.09 Å². The van der Waals surface area contributed by atoms with E-state index in [4.69, 9.17) is 25.8 Å². The van der Waals surface area contributed by atoms with Crippen LogP contribution in [0.15, 0.2) is 48.7 Å². The Kier molecular flexibility index (Phi) is 6.66. The van der Waals surface area contributed by atoms with E-state index < -0.39 is 5.60 Å². The Morgan fingerprint density at radius 1 is 1.06 bits per heavy atom. The lowest BCUT2D eigenvalue weighted by atomic mass is 10.0. The molecule has 0 unspecified atom stereocenters. The van der Waals surface area contributed by atoms with Gasteiger partial charge in [-0.2, -0.15) is 0 Å². The first-order valence-corrected chi connectivity index (χ1v) is 11.5. The van der Waals surface area contributed by atoms with E-state index in [2.05, 4.69) is 11.1 Å². The lowest BCUT2D eigenvalue weighted by molar-refractivity contribution is 0.0126. The normalized spacial score (nSPS) is 14.9. The Morgan fingerprint density at radius 3 is 2.39 bits per heavy atom. The van der Waals surface area contributed by atoms with Gasteiger partial charge in [0.25, 0.3) is 0 Å². The first-order valence-electron chi connectivity index (χ1n) is 11.1. The molecule has 1 aliphatic rings. The zero-order valence-electron chi connectivity index (χ0n) is 19.4. The van der Waals surface area contributed by atoms with Crippen molar-refractivity contribution in [1.29, 1.82) is 0 Å². The molecule has 0 radical (unpaired) electrons. The van der Waals surface area contributed by atoms with Crippen molar-refractivity contribution in [2.45, 2.75) is 45.3 Å². The molecule has 1 saturated heterocycles. The molecule has 1 aromatic heterocycles. The number of pyridine rings is 1. The number of hydrogen-bond donors (Lipinski definition) is 0. The fourth-order valence-corrected chi connectivity index (χ4v) is 4.09. The van der Waals surface area contributed by atoms with Crippen molar-refractivity contribution in [1.82, 2.24) is 9.88 Å². The number of fused-ring (bicyclic) bond motifs is 1. The molecule has 0 aliphatic carbocycles. The number of benzene rings is 2. The summed E-state index contributed by atoms with van der Waals surface area (Å²) in [6.07, 6.45) is 3.22. The molecule has 0 atom stereocenters. The zero-order valence-corrected chi connectivity index (χ0v) is 20.2. The molecule has 1 aliphatic heterocycles. The topological polar surface area (TPSA) is 60.9 Å². The molecule has 0 bridgehead atoms. The van der Waals surface area contributed by atoms with Crippen LogP contribution in [0.2, 0.25) is 5.02 Å². The maximum atomic E-state index is 12.2. The summed E-state index contributed by atoms with van der Waals surface area (Å²) in [5.41, 5.74) is 2.40. The highest BCUT2D eigenvalue weighted by Crippen LogP contribution is 2.32. The largest absolute Gasteiger partial charge is 0.495 e. The van der Waals surface area contributed by atoms with Gasteiger partial charge in [0.1, 0.15) is 23.2 Å². The fraction of sp³-hybridized carbons (Fsp3) is 0.385. The molecule has 3 aromatic rings. The Bertz CT molecular complexity index is 1130. The van der Waals surface area contributed by atoms with E-state index in [-0.39, 0.29) is 12.2 Å². The van der Waals surface area contributed by atoms with Gasteiger partial charge in [-0.3, -0.25) is 4.98 Å². The van der Waals surface area contributed by atoms with Gasteiger partial charge in [-0.1, -0.05) is 23.7 Å². The van der Waals surface area contributed by atoms with Gasteiger partial charge < -0.3 is 19.1 Å². The number of carbonyl (C=O) groups excluding carboxylic acids is 1. The smallest absolute Gasteiger partial charge is 0.410 e. The number of rotatable bonds is 4. The SMILES string of the molecule is COc1cc2ncc(-c3ccc(OC4CCN(C(=O)OC(C)(C)C)CC4)cc3)cc2cc1Cl. The molecule has 0 saturated carbocycles. The molecule has 0 N–H and O–H groups in total. The minimum absolute atomic E-state index is 0.0778. The third kappa shape index (κ3) is 5.69. The molecule has 174 valence electrons. The van der Waals surface area contributed by atoms with Gasteiger partial charge in [0.05, 0.1) is 17.6 Å². The van der Waals surface area contributed by atoms with Crippen LogP contribution in [0, 0.1) is 0 Å². The van der Waals surface area contributed by atoms with Crippen LogP contribution in [0.1, 0.15) is 33.6 Å². The Labute approximate surface area is 199 Å². The van der Waals surface area contributed by atoms with Gasteiger partial charge in [-0.25, -0.2) is 4.79 Å². The van der Waals surface area contributed by atoms with E-state index in [1.165, 1.54) is 0 Å². The fourth-order valence-electron chi connectivity index (χ4n) is 3.84. The van der Waals surface area contributed by atoms with Crippen molar-refractivity contribution in [3.8, 4) is 22.6 Å². The van der Waals surface area contributed by atoms with E-state index in [0.717, 1.165) is 40.6 Å². The van der Waals surface area contributed by atoms with Gasteiger partial charge in [0.15, 0.2) is 0 Å². The lowest BCUT2D eigenvalue weighted by Crippen LogP contribution is -2.44. The Hall–Kier alpha value is -2.99. The monoisotopic (exact) mass is 468 g/mol. The highest BCUT2D eigenvalue weighted by molar-refractivity contribution is 6.32. The van der Waals surface area contributed by atoms with Crippen LogP contribution in [0.5, 0.6) is 11.5 Å². The lowest BCUT2D eigenvalue weighted by Gasteiger charge is -2.33. The summed E-state index contributed by atoms with van der Waals surface area (Å²) in [5.74, 6) is 1.43. The number of hydrogen-bond acceptors (Lipinski definition) is 5. The van der Waals surface area contributed by atoms with E-state index in [9.17, 15) is 4.79 Å². The minimum Gasteiger partial charge on any atom is -0.495 e. The van der Waals surface area contributed by atoms with Gasteiger partial charge in [0, 0.05) is 49.1 Å². The number of aromatic nitrogens is 1. The number of piperidine rings is 1. The van der Waals surface area contributed by atoms with E-state index in [0.29, 0.717) is 23.9 Å². The molecule has 4 rings (SSSR count). The standard InChI is InChI=1S/C26H29ClN2O4/c1-26(2,3)33-25(30)29-11-9-21(10-12-29)32-20-7-5-17(6-8-20)19-13-18-14-22(27)24(31-4)15-23(18)28-16-19/h5-8,13-16,21H,9-12H2,1-4H3. The maximum absolute atomic E-state index is 12.2. The van der Waals surface area contributed by atoms with Crippen molar-refractivity contribution >= 4 is 28.6 Å². The quantitative estimate of drug-likeness (QED) is 0.447. The van der Waals surface area contributed by atoms with Gasteiger partial charge in [0.2, 0.25) is 0 Å². The zero-order chi connectivity index (χ0) is 23.6. The summed E-state index contributed by atoms with van der Waals surface area (Å²) in [6.45, 7) is 6.90. The van der Waals surface area contributed by atoms with Crippen molar-refractivity contribution < 1.29 is 19.0 Å². The molecule has 2 heterocycles. The summed E-state index contributed by atoms with van der Waals surface area (Å²) in [6, 6.07) is 13.8. The van der Waals surface area contributed by atoms with Crippen molar-refractivity contribution in [3.63, 3.8) is 0 Å². The predicted octanol–water partition coefficient (Wildman–Crippen LogP) is 6.34. The number of likely N-dealkylation sites (tertiary alicyclic amines) is 1. The molecule has 1 amide bonds. The Morgan fingerprint density at radius 2 is 1.76 bits per heavy atom. The number of carbonyl (C=O) groups is 1. The first-order chi connectivity index (χ1) is 15.7. The van der Waals surface area contributed by atoms with Gasteiger partial charge in [-0.05, 0) is 50.6 Å². The summed E-state index contributed by atoms with van der Waals surface area (Å²) >= 11 is 6.27. The number of amides is 1. The first kappa shape index (κ1) is 23.2. The second kappa shape index (κ2) is 9.48. The average Bonchev–Trinajstić information content (AvgIpc) is 2.78. The molecular weight excluding hydrogens is 440 g/mol. The van der Waals surface area contributed by atoms with Crippen LogP contribution < -0.4 is 9.47 Å². The third-order valence-electron chi connectivity index (χ3n) is 5.54. The predicted molar refractivity (Wildman–Crippen MR) is 130 cm³/mol. The van der Waals surface area contributed by atoms with Crippen LogP contribution in [0.25, 0.3) is 22.0 Å². The molecular formula is C26H29ClN2O4. The second-order valence-corrected chi connectivity index (χ2v) is 9.62. The second-order valence-electron chi connectivity index (χ2n) is 9.21. The summed E-state index contributed by atoms with van der Waals surface area (Å²) in [7, 11) is 1.59. The summed E-state index contributed by atoms with van der Waals surface area (Å²) in [4.78, 5) is 18.5. The highest BCUT2D eigenvalue weighted by Gasteiger charge is 2.27. The van der Waals surface area contributed by atoms with E-state index in [1.54, 1.807) is 12.0 Å². The van der Waals surface area contributed by atoms with Crippen LogP contribution in [0.3, 0.4) is 0 Å². The summed E-state index contributed by atoms with van der Waals surface area (Å²) < 4.78 is 16.9. The number of halogens is 1. The van der Waals surface area contributed by atoms with E-state index in [1.807, 2.05) is 63.4 Å². The summed E-state index contributed by atoms with van der Waals surface area (Å²) in [5, 5.41) is 1.51. The van der Waals surface area contributed by atoms with Crippen molar-refractivity contribution in [2.24, 2.45) is 0 Å². The Balaban J connectivity index is 1.38. The number of methoxy groups -OCH3 is 1. The highest BCUT2D eigenvalue weighted by atomic mass is 35.5. The van der Waals surface area contributed by atoms with Gasteiger partial charge in [-0.15, -0.1) is 0 Å². The number of ether oxygens (including phenoxy) is 3. The van der Waals surface area contributed by atoms with Crippen molar-refractivity contribution in [3.05, 3.63) is 53.7 Å². The third-order valence-corrected chi connectivity index (χ3v) is 5.83. The molecule has 0 spiro atoms. The minimum atomic E-state index is -0.480. The maximum Gasteiger partial charge on any atom is 0.410 e. The molecule has 6 nitrogen and oxygen atoms in total. The van der Waals surface area contributed by atoms with Crippen LogP contribution in [0.4, 0.5) is 4.79 Å². The van der Waals surface area contributed by atoms with Crippen LogP contribution in [-0.4, -0.2) is 47.9 Å². The van der Waals surface area contributed by atoms with Crippen LogP contribution >= 0.6 is 11.6 Å². The van der Waals surface area contributed by atoms with Crippen molar-refractivity contribution in [2.75, 3.05) is 20.2 Å². The van der Waals surface area contributed by atoms with E-state index >= 15 is 0 Å².